The minimum atomic E-state index is 0.575. The lowest BCUT2D eigenvalue weighted by molar-refractivity contribution is -0.693. The van der Waals surface area contributed by atoms with Gasteiger partial charge in [0.15, 0.2) is 0 Å². The molecule has 2 heteroatoms. The van der Waals surface area contributed by atoms with Crippen molar-refractivity contribution in [3.63, 3.8) is 0 Å². The first-order chi connectivity index (χ1) is 5.95. The topological polar surface area (TPSA) is 25.8 Å². The molecule has 70 valence electrons. The van der Waals surface area contributed by atoms with E-state index < -0.39 is 0 Å². The van der Waals surface area contributed by atoms with E-state index in [4.69, 9.17) is 4.74 Å². The summed E-state index contributed by atoms with van der Waals surface area (Å²) in [6, 6.07) is 0.925. The fraction of sp³-hybridized carbons (Fsp3) is 1.00. The maximum Gasteiger partial charge on any atom is 0.106 e. The highest BCUT2D eigenvalue weighted by atomic mass is 16.5. The first-order valence-electron chi connectivity index (χ1n) is 5.40. The monoisotopic (exact) mass is 170 g/mol. The molecular weight excluding hydrogens is 150 g/mol. The average molecular weight is 170 g/mol. The molecule has 1 heterocycles. The van der Waals surface area contributed by atoms with E-state index >= 15 is 0 Å². The lowest BCUT2D eigenvalue weighted by Gasteiger charge is -2.12. The largest absolute Gasteiger partial charge is 0.372 e. The predicted octanol–water partition coefficient (Wildman–Crippen LogP) is 0.671. The van der Waals surface area contributed by atoms with Crippen LogP contribution in [-0.2, 0) is 4.74 Å². The standard InChI is InChI=1S/C10H19NO/c1-2-5-9(4-1)11-8-10-6-3-7-12-10/h9-11H,1-8H2/p+1/t10-/m0/s1. The third-order valence-electron chi connectivity index (χ3n) is 3.16. The summed E-state index contributed by atoms with van der Waals surface area (Å²) in [4.78, 5) is 0. The van der Waals surface area contributed by atoms with Crippen molar-refractivity contribution < 1.29 is 10.1 Å². The van der Waals surface area contributed by atoms with Crippen LogP contribution >= 0.6 is 0 Å². The molecule has 0 spiro atoms. The van der Waals surface area contributed by atoms with Gasteiger partial charge in [0.25, 0.3) is 0 Å². The summed E-state index contributed by atoms with van der Waals surface area (Å²) in [6.07, 6.45) is 8.93. The Morgan fingerprint density at radius 1 is 1.08 bits per heavy atom. The highest BCUT2D eigenvalue weighted by Gasteiger charge is 2.22. The zero-order chi connectivity index (χ0) is 8.23. The van der Waals surface area contributed by atoms with Gasteiger partial charge in [-0.05, 0) is 38.5 Å². The Balaban J connectivity index is 1.60. The van der Waals surface area contributed by atoms with Crippen molar-refractivity contribution in [2.24, 2.45) is 0 Å². The minimum Gasteiger partial charge on any atom is -0.372 e. The van der Waals surface area contributed by atoms with Crippen LogP contribution in [0, 0.1) is 0 Å². The van der Waals surface area contributed by atoms with Crippen LogP contribution in [-0.4, -0.2) is 25.3 Å². The highest BCUT2D eigenvalue weighted by Crippen LogP contribution is 2.15. The van der Waals surface area contributed by atoms with Gasteiger partial charge in [-0.15, -0.1) is 0 Å². The molecule has 2 nitrogen and oxygen atoms in total. The van der Waals surface area contributed by atoms with E-state index in [-0.39, 0.29) is 0 Å². The molecule has 12 heavy (non-hydrogen) atoms. The van der Waals surface area contributed by atoms with E-state index in [1.54, 1.807) is 0 Å². The van der Waals surface area contributed by atoms with Crippen molar-refractivity contribution in [1.29, 1.82) is 0 Å². The second-order valence-corrected chi connectivity index (χ2v) is 4.15. The predicted molar refractivity (Wildman–Crippen MR) is 48.0 cm³/mol. The van der Waals surface area contributed by atoms with Crippen molar-refractivity contribution >= 4 is 0 Å². The second-order valence-electron chi connectivity index (χ2n) is 4.15. The molecule has 1 aliphatic heterocycles. The molecule has 2 aliphatic rings. The van der Waals surface area contributed by atoms with Gasteiger partial charge in [0.05, 0.1) is 6.04 Å². The molecule has 0 aromatic carbocycles. The van der Waals surface area contributed by atoms with Gasteiger partial charge in [-0.1, -0.05) is 0 Å². The molecule has 0 radical (unpaired) electrons. The molecule has 2 rings (SSSR count). The van der Waals surface area contributed by atoms with Crippen LogP contribution in [0.2, 0.25) is 0 Å². The van der Waals surface area contributed by atoms with Crippen molar-refractivity contribution in [3.8, 4) is 0 Å². The van der Waals surface area contributed by atoms with E-state index in [0.29, 0.717) is 6.10 Å². The third kappa shape index (κ3) is 2.20. The molecule has 0 aromatic heterocycles. The van der Waals surface area contributed by atoms with E-state index in [1.165, 1.54) is 45.1 Å². The lowest BCUT2D eigenvalue weighted by Crippen LogP contribution is -2.91. The average Bonchev–Trinajstić information content (AvgIpc) is 2.74. The number of hydrogen-bond donors (Lipinski definition) is 1. The number of nitrogens with two attached hydrogens (primary N) is 1. The molecule has 2 fully saturated rings. The van der Waals surface area contributed by atoms with Crippen molar-refractivity contribution in [3.05, 3.63) is 0 Å². The second kappa shape index (κ2) is 4.24. The number of ether oxygens (including phenoxy) is 1. The summed E-state index contributed by atoms with van der Waals surface area (Å²) in [5.41, 5.74) is 0. The van der Waals surface area contributed by atoms with Crippen molar-refractivity contribution in [2.45, 2.75) is 50.7 Å². The quantitative estimate of drug-likeness (QED) is 0.662. The normalized spacial score (nSPS) is 31.5. The van der Waals surface area contributed by atoms with Crippen LogP contribution in [0.5, 0.6) is 0 Å². The van der Waals surface area contributed by atoms with Crippen molar-refractivity contribution in [2.75, 3.05) is 13.2 Å². The number of quaternary nitrogens is 1. The smallest absolute Gasteiger partial charge is 0.106 e. The Morgan fingerprint density at radius 2 is 1.92 bits per heavy atom. The van der Waals surface area contributed by atoms with E-state index in [0.717, 1.165) is 12.6 Å². The Bertz CT molecular complexity index is 110. The van der Waals surface area contributed by atoms with Crippen LogP contribution in [0.15, 0.2) is 0 Å². The molecule has 0 bridgehead atoms. The van der Waals surface area contributed by atoms with Crippen LogP contribution in [0.25, 0.3) is 0 Å². The zero-order valence-electron chi connectivity index (χ0n) is 7.80. The molecule has 1 saturated heterocycles. The van der Waals surface area contributed by atoms with Gasteiger partial charge in [0.2, 0.25) is 0 Å². The highest BCUT2D eigenvalue weighted by molar-refractivity contribution is 4.66. The van der Waals surface area contributed by atoms with Gasteiger partial charge in [-0.3, -0.25) is 0 Å². The number of rotatable bonds is 3. The summed E-state index contributed by atoms with van der Waals surface area (Å²) in [5, 5.41) is 2.52. The fourth-order valence-electron chi connectivity index (χ4n) is 2.37. The maximum atomic E-state index is 5.58. The zero-order valence-corrected chi connectivity index (χ0v) is 7.80. The van der Waals surface area contributed by atoms with Gasteiger partial charge < -0.3 is 10.1 Å². The summed E-state index contributed by atoms with van der Waals surface area (Å²) in [7, 11) is 0. The molecule has 0 aromatic rings. The first kappa shape index (κ1) is 8.52. The summed E-state index contributed by atoms with van der Waals surface area (Å²) >= 11 is 0. The Hall–Kier alpha value is -0.0800. The molecule has 0 unspecified atom stereocenters. The molecule has 0 amide bonds. The first-order valence-corrected chi connectivity index (χ1v) is 5.40. The number of hydrogen-bond acceptors (Lipinski definition) is 1. The van der Waals surface area contributed by atoms with Gasteiger partial charge >= 0.3 is 0 Å². The summed E-state index contributed by atoms with van der Waals surface area (Å²) in [5.74, 6) is 0. The molecule has 2 N–H and O–H groups in total. The van der Waals surface area contributed by atoms with Crippen LogP contribution in [0.4, 0.5) is 0 Å². The Labute approximate surface area is 74.7 Å². The fourth-order valence-corrected chi connectivity index (χ4v) is 2.37. The van der Waals surface area contributed by atoms with Crippen LogP contribution in [0.1, 0.15) is 38.5 Å². The van der Waals surface area contributed by atoms with Crippen molar-refractivity contribution in [1.82, 2.24) is 0 Å². The molecule has 1 aliphatic carbocycles. The third-order valence-corrected chi connectivity index (χ3v) is 3.16. The van der Waals surface area contributed by atoms with E-state index in [2.05, 4.69) is 5.32 Å². The van der Waals surface area contributed by atoms with Gasteiger partial charge in [0, 0.05) is 6.61 Å². The SMILES string of the molecule is C1CCC([NH2+]C[C@@H]2CCCO2)C1. The van der Waals surface area contributed by atoms with Gasteiger partial charge in [-0.2, -0.15) is 0 Å². The van der Waals surface area contributed by atoms with Crippen LogP contribution in [0.3, 0.4) is 0 Å². The lowest BCUT2D eigenvalue weighted by atomic mass is 10.2. The minimum absolute atomic E-state index is 0.575. The summed E-state index contributed by atoms with van der Waals surface area (Å²) in [6.45, 7) is 2.22. The maximum absolute atomic E-state index is 5.58. The molecule has 1 saturated carbocycles. The molecule has 1 atom stereocenters. The van der Waals surface area contributed by atoms with E-state index in [1.807, 2.05) is 0 Å². The Morgan fingerprint density at radius 3 is 2.58 bits per heavy atom. The summed E-state index contributed by atoms with van der Waals surface area (Å²) < 4.78 is 5.58. The Kier molecular flexibility index (Phi) is 3.01. The van der Waals surface area contributed by atoms with Crippen LogP contribution < -0.4 is 5.32 Å². The van der Waals surface area contributed by atoms with Gasteiger partial charge in [-0.25, -0.2) is 0 Å². The van der Waals surface area contributed by atoms with E-state index in [9.17, 15) is 0 Å². The molecular formula is C10H20NO+. The van der Waals surface area contributed by atoms with Gasteiger partial charge in [0.1, 0.15) is 12.6 Å².